The monoisotopic (exact) mass is 381 g/mol. The zero-order valence-corrected chi connectivity index (χ0v) is 16.1. The molecular weight excluding hydrogens is 354 g/mol. The van der Waals surface area contributed by atoms with E-state index in [2.05, 4.69) is 27.7 Å². The minimum atomic E-state index is -0.964. The van der Waals surface area contributed by atoms with Gasteiger partial charge in [-0.1, -0.05) is 30.3 Å². The second kappa shape index (κ2) is 10.4. The lowest BCUT2D eigenvalue weighted by molar-refractivity contribution is -0.152. The van der Waals surface area contributed by atoms with E-state index in [9.17, 15) is 9.59 Å². The molecule has 1 aromatic carbocycles. The Bertz CT molecular complexity index is 575. The van der Waals surface area contributed by atoms with Gasteiger partial charge in [0.05, 0.1) is 6.61 Å². The third kappa shape index (κ3) is 5.88. The molecule has 1 radical (unpaired) electrons. The summed E-state index contributed by atoms with van der Waals surface area (Å²) < 4.78 is 5.24. The number of urea groups is 1. The normalized spacial score (nSPS) is 16.7. The molecule has 1 aromatic rings. The molecule has 1 heterocycles. The van der Waals surface area contributed by atoms with E-state index in [0.717, 1.165) is 19.6 Å². The number of alkyl halides is 1. The van der Waals surface area contributed by atoms with E-state index in [-0.39, 0.29) is 12.0 Å². The van der Waals surface area contributed by atoms with Gasteiger partial charge in [-0.25, -0.2) is 9.59 Å². The maximum Gasteiger partial charge on any atom is 0.332 e. The molecule has 0 bridgehead atoms. The molecule has 0 saturated carbocycles. The summed E-state index contributed by atoms with van der Waals surface area (Å²) in [4.78, 5) is 27.0. The Kier molecular flexibility index (Phi) is 8.19. The van der Waals surface area contributed by atoms with Crippen LogP contribution in [-0.4, -0.2) is 49.7 Å². The molecule has 2 rings (SSSR count). The number of carbonyl (C=O) groups is 2. The van der Waals surface area contributed by atoms with Crippen molar-refractivity contribution in [2.45, 2.75) is 38.3 Å². The quantitative estimate of drug-likeness (QED) is 0.314. The zero-order valence-electron chi connectivity index (χ0n) is 15.3. The number of ether oxygens (including phenoxy) is 1. The highest BCUT2D eigenvalue weighted by Gasteiger charge is 2.47. The number of hydrogen-bond donors (Lipinski definition) is 2. The number of piperidine rings is 1. The van der Waals surface area contributed by atoms with Crippen LogP contribution in [0.25, 0.3) is 0 Å². The fourth-order valence-corrected chi connectivity index (χ4v) is 3.25. The van der Waals surface area contributed by atoms with Crippen LogP contribution in [0.3, 0.4) is 0 Å². The molecule has 0 atom stereocenters. The highest BCUT2D eigenvalue weighted by atomic mass is 35.5. The third-order valence-corrected chi connectivity index (χ3v) is 4.84. The van der Waals surface area contributed by atoms with Gasteiger partial charge in [0.1, 0.15) is 19.6 Å². The molecule has 143 valence electrons. The second-order valence-corrected chi connectivity index (χ2v) is 6.87. The molecule has 2 amide bonds. The number of benzene rings is 1. The van der Waals surface area contributed by atoms with Crippen LogP contribution in [0.1, 0.15) is 31.7 Å². The predicted octanol–water partition coefficient (Wildman–Crippen LogP) is 2.35. The molecule has 6 nitrogen and oxygen atoms in total. The summed E-state index contributed by atoms with van der Waals surface area (Å²) in [6, 6.07) is 9.88. The first-order chi connectivity index (χ1) is 12.6. The Hall–Kier alpha value is -1.79. The maximum atomic E-state index is 12.5. The Labute approximate surface area is 160 Å². The summed E-state index contributed by atoms with van der Waals surface area (Å²) in [7, 11) is 0. The summed E-state index contributed by atoms with van der Waals surface area (Å²) in [6.45, 7) is 4.82. The number of nitrogens with one attached hydrogen (secondary N) is 2. The van der Waals surface area contributed by atoms with Crippen LogP contribution in [0.15, 0.2) is 30.3 Å². The van der Waals surface area contributed by atoms with Gasteiger partial charge in [0.25, 0.3) is 0 Å². The third-order valence-electron chi connectivity index (χ3n) is 4.57. The van der Waals surface area contributed by atoms with Gasteiger partial charge in [-0.05, 0) is 13.3 Å². The van der Waals surface area contributed by atoms with Gasteiger partial charge < -0.3 is 15.4 Å². The van der Waals surface area contributed by atoms with Gasteiger partial charge in [0.2, 0.25) is 0 Å². The number of carbonyl (C=O) groups excluding carboxylic acids is 2. The topological polar surface area (TPSA) is 73.3 Å². The molecule has 0 unspecified atom stereocenters. The van der Waals surface area contributed by atoms with Crippen LogP contribution >= 0.6 is 11.6 Å². The molecule has 0 aliphatic carbocycles. The average Bonchev–Trinajstić information content (AvgIpc) is 2.65. The van der Waals surface area contributed by atoms with Crippen LogP contribution in [0, 0.1) is 0 Å². The molecule has 0 spiro atoms. The molecule has 1 aliphatic heterocycles. The van der Waals surface area contributed by atoms with Crippen molar-refractivity contribution in [3.8, 4) is 0 Å². The van der Waals surface area contributed by atoms with E-state index in [1.54, 1.807) is 6.92 Å². The number of halogens is 1. The van der Waals surface area contributed by atoms with Crippen molar-refractivity contribution < 1.29 is 14.3 Å². The molecule has 1 aliphatic rings. The highest BCUT2D eigenvalue weighted by molar-refractivity contribution is 6.17. The maximum absolute atomic E-state index is 12.5. The van der Waals surface area contributed by atoms with Crippen molar-refractivity contribution in [3.63, 3.8) is 0 Å². The number of nitrogens with zero attached hydrogens (tertiary/aromatic N) is 1. The van der Waals surface area contributed by atoms with Crippen molar-refractivity contribution >= 4 is 23.6 Å². The van der Waals surface area contributed by atoms with E-state index >= 15 is 0 Å². The largest absolute Gasteiger partial charge is 0.464 e. The van der Waals surface area contributed by atoms with Crippen LogP contribution in [0.5, 0.6) is 0 Å². The average molecular weight is 382 g/mol. The smallest absolute Gasteiger partial charge is 0.332 e. The summed E-state index contributed by atoms with van der Waals surface area (Å²) >= 11 is 5.63. The van der Waals surface area contributed by atoms with Crippen molar-refractivity contribution in [1.29, 1.82) is 0 Å². The molecule has 26 heavy (non-hydrogen) atoms. The first kappa shape index (κ1) is 20.5. The number of likely N-dealkylation sites (tertiary alicyclic amines) is 1. The Balaban J connectivity index is 1.96. The lowest BCUT2D eigenvalue weighted by Gasteiger charge is -2.35. The lowest BCUT2D eigenvalue weighted by Crippen LogP contribution is -2.63. The van der Waals surface area contributed by atoms with Gasteiger partial charge >= 0.3 is 12.0 Å². The molecule has 1 saturated heterocycles. The number of hydrogen-bond acceptors (Lipinski definition) is 4. The van der Waals surface area contributed by atoms with Crippen molar-refractivity contribution in [2.75, 3.05) is 32.1 Å². The zero-order chi connectivity index (χ0) is 18.8. The Morgan fingerprint density at radius 2 is 1.92 bits per heavy atom. The molecule has 2 N–H and O–H groups in total. The summed E-state index contributed by atoms with van der Waals surface area (Å²) in [6.07, 6.45) is 1.75. The molecule has 1 fully saturated rings. The van der Waals surface area contributed by atoms with Crippen LogP contribution in [0.2, 0.25) is 0 Å². The summed E-state index contributed by atoms with van der Waals surface area (Å²) in [5.74, 6) is 0.129. The van der Waals surface area contributed by atoms with Gasteiger partial charge in [-0.3, -0.25) is 0 Å². The Morgan fingerprint density at radius 3 is 2.54 bits per heavy atom. The Morgan fingerprint density at radius 1 is 1.23 bits per heavy atom. The van der Waals surface area contributed by atoms with Crippen molar-refractivity contribution in [3.05, 3.63) is 35.9 Å². The first-order valence-corrected chi connectivity index (χ1v) is 9.68. The van der Waals surface area contributed by atoms with E-state index in [0.29, 0.717) is 38.3 Å². The van der Waals surface area contributed by atoms with Crippen molar-refractivity contribution in [2.24, 2.45) is 0 Å². The first-order valence-electron chi connectivity index (χ1n) is 9.15. The van der Waals surface area contributed by atoms with Crippen LogP contribution < -0.4 is 15.5 Å². The number of esters is 1. The van der Waals surface area contributed by atoms with Gasteiger partial charge in [-0.15, -0.1) is 11.6 Å². The molecule has 7 heteroatoms. The lowest BCUT2D eigenvalue weighted by atomic mass is 9.87. The van der Waals surface area contributed by atoms with Gasteiger partial charge in [0.15, 0.2) is 5.54 Å². The molecular formula is C19H28ClN3O3+. The molecule has 0 aromatic heterocycles. The van der Waals surface area contributed by atoms with E-state index in [4.69, 9.17) is 16.3 Å². The van der Waals surface area contributed by atoms with Gasteiger partial charge in [0, 0.05) is 30.8 Å². The second-order valence-electron chi connectivity index (χ2n) is 6.49. The van der Waals surface area contributed by atoms with E-state index in [1.165, 1.54) is 5.56 Å². The standard InChI is InChI=1S/C19H28ClN3O3/c1-2-26-17(24)19(22-18(25)21-12-6-11-20)9-13-23(14-10-19)15-16-7-4-3-5-8-16/h3-5,7-8H,2,6,9-15H2,1H3,(H2,21,22,25)/q+1. The number of rotatable bonds is 8. The predicted molar refractivity (Wildman–Crippen MR) is 102 cm³/mol. The SMILES string of the molecule is CCOC(=O)C1(NC(=O)NCCCCl)CC[N+](Cc2ccccc2)CC1. The summed E-state index contributed by atoms with van der Waals surface area (Å²) in [5.41, 5.74) is 0.275. The van der Waals surface area contributed by atoms with Crippen LogP contribution in [-0.2, 0) is 16.1 Å². The van der Waals surface area contributed by atoms with Crippen LogP contribution in [0.4, 0.5) is 4.79 Å². The summed E-state index contributed by atoms with van der Waals surface area (Å²) in [5, 5.41) is 5.61. The highest BCUT2D eigenvalue weighted by Crippen LogP contribution is 2.24. The van der Waals surface area contributed by atoms with E-state index < -0.39 is 5.54 Å². The fourth-order valence-electron chi connectivity index (χ4n) is 3.11. The van der Waals surface area contributed by atoms with Crippen molar-refractivity contribution in [1.82, 2.24) is 15.5 Å². The minimum absolute atomic E-state index is 0.295. The number of amides is 2. The van der Waals surface area contributed by atoms with E-state index in [1.807, 2.05) is 18.2 Å². The fraction of sp³-hybridized carbons (Fsp3) is 0.579. The van der Waals surface area contributed by atoms with Gasteiger partial charge in [-0.2, -0.15) is 4.90 Å². The minimum Gasteiger partial charge on any atom is -0.464 e.